The minimum Gasteiger partial charge on any atom is -0.386 e. The van der Waals surface area contributed by atoms with Gasteiger partial charge in [-0.2, -0.15) is 0 Å². The third kappa shape index (κ3) is 2.58. The van der Waals surface area contributed by atoms with Crippen molar-refractivity contribution < 1.29 is 28.7 Å². The zero-order valence-electron chi connectivity index (χ0n) is 11.3. The molecule has 1 aliphatic heterocycles. The fraction of sp³-hybridized carbons (Fsp3) is 0.500. The summed E-state index contributed by atoms with van der Waals surface area (Å²) in [5.41, 5.74) is 6.35. The highest BCUT2D eigenvalue weighted by Crippen LogP contribution is 2.44. The number of hydrogen-bond acceptors (Lipinski definition) is 8. The molecule has 0 bridgehead atoms. The number of phosphoric acid groups is 1. The number of nitrogens with zero attached hydrogens (tertiary/aromatic N) is 4. The maximum Gasteiger partial charge on any atom is 0.470 e. The summed E-state index contributed by atoms with van der Waals surface area (Å²) in [7, 11) is -4.76. The van der Waals surface area contributed by atoms with Gasteiger partial charge in [0.1, 0.15) is 24.1 Å². The molecule has 0 amide bonds. The van der Waals surface area contributed by atoms with Crippen LogP contribution >= 0.6 is 7.82 Å². The topological polar surface area (TPSA) is 166 Å². The maximum absolute atomic E-state index is 11.0. The van der Waals surface area contributed by atoms with E-state index in [0.717, 1.165) is 0 Å². The summed E-state index contributed by atoms with van der Waals surface area (Å²) in [5, 5.41) is 10.3. The molecule has 12 heteroatoms. The number of nitrogen functional groups attached to an aromatic ring is 1. The number of anilines is 1. The van der Waals surface area contributed by atoms with Gasteiger partial charge in [0.15, 0.2) is 17.7 Å². The standard InChI is InChI=1S/C10H14N5O6P/c1-4-7(21-22(17,18)19)6(16)10(20-4)15-3-14-5-8(11)12-2-13-9(5)15/h2-4,6-7,10,16H,1H3,(H2,11,12,13)(H2,17,18,19)/t4-,6?,7?,10-/m1/s1. The molecular weight excluding hydrogens is 317 g/mol. The van der Waals surface area contributed by atoms with Gasteiger partial charge in [0.25, 0.3) is 0 Å². The van der Waals surface area contributed by atoms with Crippen LogP contribution in [-0.4, -0.2) is 52.7 Å². The molecule has 5 N–H and O–H groups in total. The van der Waals surface area contributed by atoms with Crippen molar-refractivity contribution >= 4 is 24.8 Å². The van der Waals surface area contributed by atoms with Crippen LogP contribution in [0.1, 0.15) is 13.2 Å². The van der Waals surface area contributed by atoms with Crippen LogP contribution in [0.4, 0.5) is 5.82 Å². The molecule has 2 aromatic rings. The Balaban J connectivity index is 1.95. The molecule has 0 saturated carbocycles. The first-order valence-electron chi connectivity index (χ1n) is 6.28. The van der Waals surface area contributed by atoms with Crippen molar-refractivity contribution in [2.45, 2.75) is 31.5 Å². The van der Waals surface area contributed by atoms with Crippen LogP contribution in [0.2, 0.25) is 0 Å². The molecule has 4 atom stereocenters. The lowest BCUT2D eigenvalue weighted by atomic mass is 10.1. The summed E-state index contributed by atoms with van der Waals surface area (Å²) >= 11 is 0. The number of aliphatic hydroxyl groups is 1. The first-order valence-corrected chi connectivity index (χ1v) is 7.81. The fourth-order valence-electron chi connectivity index (χ4n) is 2.41. The molecule has 22 heavy (non-hydrogen) atoms. The second kappa shape index (κ2) is 5.23. The molecule has 1 saturated heterocycles. The Hall–Kier alpha value is -1.62. The van der Waals surface area contributed by atoms with Crippen LogP contribution in [0.25, 0.3) is 11.2 Å². The van der Waals surface area contributed by atoms with Crippen molar-refractivity contribution in [3.63, 3.8) is 0 Å². The molecule has 3 heterocycles. The number of aromatic nitrogens is 4. The Morgan fingerprint density at radius 3 is 2.82 bits per heavy atom. The van der Waals surface area contributed by atoms with Gasteiger partial charge >= 0.3 is 7.82 Å². The van der Waals surface area contributed by atoms with E-state index in [9.17, 15) is 9.67 Å². The van der Waals surface area contributed by atoms with Crippen LogP contribution < -0.4 is 5.73 Å². The highest BCUT2D eigenvalue weighted by molar-refractivity contribution is 7.46. The Bertz CT molecular complexity index is 746. The number of rotatable bonds is 3. The minimum absolute atomic E-state index is 0.173. The SMILES string of the molecule is C[C@H]1O[C@@H](n2cnc3c(N)ncnc32)C(O)C1OP(=O)(O)O. The smallest absolute Gasteiger partial charge is 0.386 e. The van der Waals surface area contributed by atoms with Crippen LogP contribution in [0, 0.1) is 0 Å². The van der Waals surface area contributed by atoms with Gasteiger partial charge in [0, 0.05) is 0 Å². The number of hydrogen-bond donors (Lipinski definition) is 4. The molecular formula is C10H14N5O6P. The Morgan fingerprint density at radius 2 is 2.14 bits per heavy atom. The molecule has 0 aromatic carbocycles. The minimum atomic E-state index is -4.76. The van der Waals surface area contributed by atoms with Crippen molar-refractivity contribution in [3.05, 3.63) is 12.7 Å². The number of nitrogens with two attached hydrogens (primary N) is 1. The lowest BCUT2D eigenvalue weighted by Gasteiger charge is -2.19. The predicted molar refractivity (Wildman–Crippen MR) is 72.2 cm³/mol. The first-order chi connectivity index (χ1) is 10.3. The van der Waals surface area contributed by atoms with Crippen LogP contribution in [0.15, 0.2) is 12.7 Å². The van der Waals surface area contributed by atoms with E-state index >= 15 is 0 Å². The molecule has 0 radical (unpaired) electrons. The lowest BCUT2D eigenvalue weighted by molar-refractivity contribution is -0.0299. The Morgan fingerprint density at radius 1 is 1.41 bits per heavy atom. The largest absolute Gasteiger partial charge is 0.470 e. The fourth-order valence-corrected chi connectivity index (χ4v) is 3.02. The van der Waals surface area contributed by atoms with Gasteiger partial charge in [0.05, 0.1) is 12.4 Å². The van der Waals surface area contributed by atoms with E-state index in [0.29, 0.717) is 11.2 Å². The van der Waals surface area contributed by atoms with Crippen molar-refractivity contribution in [1.82, 2.24) is 19.5 Å². The third-order valence-corrected chi connectivity index (χ3v) is 3.88. The monoisotopic (exact) mass is 331 g/mol. The van der Waals surface area contributed by atoms with Gasteiger partial charge in [-0.25, -0.2) is 19.5 Å². The lowest BCUT2D eigenvalue weighted by Crippen LogP contribution is -2.32. The molecule has 2 unspecified atom stereocenters. The van der Waals surface area contributed by atoms with Gasteiger partial charge in [-0.3, -0.25) is 9.09 Å². The quantitative estimate of drug-likeness (QED) is 0.521. The zero-order valence-corrected chi connectivity index (χ0v) is 12.2. The average Bonchev–Trinajstić information content (AvgIpc) is 2.95. The Kier molecular flexibility index (Phi) is 3.63. The molecule has 3 rings (SSSR count). The maximum atomic E-state index is 11.0. The van der Waals surface area contributed by atoms with E-state index in [-0.39, 0.29) is 5.82 Å². The predicted octanol–water partition coefficient (Wildman–Crippen LogP) is -0.835. The van der Waals surface area contributed by atoms with E-state index < -0.39 is 32.4 Å². The number of aliphatic hydroxyl groups excluding tert-OH is 1. The van der Waals surface area contributed by atoms with E-state index in [2.05, 4.69) is 19.5 Å². The molecule has 1 fully saturated rings. The molecule has 120 valence electrons. The summed E-state index contributed by atoms with van der Waals surface area (Å²) in [5.74, 6) is 0.173. The van der Waals surface area contributed by atoms with Gasteiger partial charge in [-0.15, -0.1) is 0 Å². The van der Waals surface area contributed by atoms with E-state index in [1.165, 1.54) is 24.1 Å². The van der Waals surface area contributed by atoms with E-state index in [1.54, 1.807) is 0 Å². The van der Waals surface area contributed by atoms with Crippen molar-refractivity contribution in [2.24, 2.45) is 0 Å². The van der Waals surface area contributed by atoms with E-state index in [1.807, 2.05) is 0 Å². The number of imidazole rings is 1. The van der Waals surface area contributed by atoms with Gasteiger partial charge in [0.2, 0.25) is 0 Å². The molecule has 11 nitrogen and oxygen atoms in total. The summed E-state index contributed by atoms with van der Waals surface area (Å²) in [4.78, 5) is 29.7. The molecule has 0 aliphatic carbocycles. The highest BCUT2D eigenvalue weighted by Gasteiger charge is 2.46. The third-order valence-electron chi connectivity index (χ3n) is 3.37. The summed E-state index contributed by atoms with van der Waals surface area (Å²) in [6, 6.07) is 0. The van der Waals surface area contributed by atoms with Gasteiger partial charge in [-0.05, 0) is 6.92 Å². The number of ether oxygens (including phenoxy) is 1. The van der Waals surface area contributed by atoms with Gasteiger partial charge < -0.3 is 25.4 Å². The second-order valence-corrected chi connectivity index (χ2v) is 6.06. The summed E-state index contributed by atoms with van der Waals surface area (Å²) < 4.78 is 22.5. The Labute approximate surface area is 124 Å². The van der Waals surface area contributed by atoms with Crippen molar-refractivity contribution in [2.75, 3.05) is 5.73 Å². The highest BCUT2D eigenvalue weighted by atomic mass is 31.2. The summed E-state index contributed by atoms with van der Waals surface area (Å²) in [6.45, 7) is 1.53. The second-order valence-electron chi connectivity index (χ2n) is 4.87. The number of phosphoric ester groups is 1. The normalized spacial score (nSPS) is 29.3. The molecule has 1 aliphatic rings. The van der Waals surface area contributed by atoms with Crippen molar-refractivity contribution in [3.8, 4) is 0 Å². The zero-order chi connectivity index (χ0) is 16.1. The average molecular weight is 331 g/mol. The molecule has 0 spiro atoms. The van der Waals surface area contributed by atoms with E-state index in [4.69, 9.17) is 20.3 Å². The molecule has 2 aromatic heterocycles. The van der Waals surface area contributed by atoms with Crippen LogP contribution in [0.3, 0.4) is 0 Å². The first kappa shape index (κ1) is 15.3. The number of fused-ring (bicyclic) bond motifs is 1. The summed E-state index contributed by atoms with van der Waals surface area (Å²) in [6.07, 6.45) is -1.63. The van der Waals surface area contributed by atoms with Crippen LogP contribution in [0.5, 0.6) is 0 Å². The van der Waals surface area contributed by atoms with Gasteiger partial charge in [-0.1, -0.05) is 0 Å². The van der Waals surface area contributed by atoms with Crippen LogP contribution in [-0.2, 0) is 13.8 Å². The van der Waals surface area contributed by atoms with Crippen molar-refractivity contribution in [1.29, 1.82) is 0 Å².